The number of hydrogen-bond donors (Lipinski definition) is 1. The van der Waals surface area contributed by atoms with Gasteiger partial charge in [0.2, 0.25) is 5.91 Å². The van der Waals surface area contributed by atoms with Crippen molar-refractivity contribution in [1.29, 1.82) is 0 Å². The largest absolute Gasteiger partial charge is 2.00 e. The van der Waals surface area contributed by atoms with E-state index in [2.05, 4.69) is 12.2 Å². The number of carbonyl (C=O) groups is 1. The summed E-state index contributed by atoms with van der Waals surface area (Å²) in [5, 5.41) is 2.85. The molecule has 18 heavy (non-hydrogen) atoms. The number of hydrogen-bond acceptors (Lipinski definition) is 1. The number of carbonyl (C=O) groups excluding carboxylic acids is 1. The molecule has 2 fully saturated rings. The van der Waals surface area contributed by atoms with E-state index in [0.717, 1.165) is 25.3 Å². The fraction of sp³-hybridized carbons (Fsp3) is 0.267. The van der Waals surface area contributed by atoms with Crippen molar-refractivity contribution in [3.63, 3.8) is 0 Å². The maximum absolute atomic E-state index is 11.3. The van der Waals surface area contributed by atoms with E-state index < -0.39 is 0 Å². The van der Waals surface area contributed by atoms with E-state index in [1.165, 1.54) is 0 Å². The third kappa shape index (κ3) is 8.15. The Bertz CT molecular complexity index is 191. The van der Waals surface area contributed by atoms with Crippen molar-refractivity contribution in [2.75, 3.05) is 6.54 Å². The Morgan fingerprint density at radius 3 is 1.94 bits per heavy atom. The SMILES string of the molecule is CCCCNC(=O)[C]1[CH][CH][CH][CH]1.[CH]1[CH][CH][CH][CH]1.[Fe+2]. The molecule has 0 aliphatic heterocycles. The third-order valence-corrected chi connectivity index (χ3v) is 2.30. The van der Waals surface area contributed by atoms with Crippen LogP contribution in [0.15, 0.2) is 0 Å². The van der Waals surface area contributed by atoms with Crippen LogP contribution in [0.25, 0.3) is 0 Å². The van der Waals surface area contributed by atoms with E-state index >= 15 is 0 Å². The van der Waals surface area contributed by atoms with Crippen molar-refractivity contribution < 1.29 is 21.9 Å². The van der Waals surface area contributed by atoms with Gasteiger partial charge in [0.1, 0.15) is 0 Å². The van der Waals surface area contributed by atoms with Crippen molar-refractivity contribution in [3.8, 4) is 0 Å². The van der Waals surface area contributed by atoms with Crippen molar-refractivity contribution >= 4 is 5.91 Å². The van der Waals surface area contributed by atoms with Gasteiger partial charge in [-0.25, -0.2) is 0 Å². The maximum Gasteiger partial charge on any atom is 2.00 e. The Kier molecular flexibility index (Phi) is 12.0. The molecule has 2 saturated carbocycles. The molecule has 0 aromatic carbocycles. The Balaban J connectivity index is 0.000000405. The van der Waals surface area contributed by atoms with Crippen molar-refractivity contribution in [2.45, 2.75) is 19.8 Å². The zero-order valence-electron chi connectivity index (χ0n) is 10.6. The zero-order valence-corrected chi connectivity index (χ0v) is 11.7. The minimum atomic E-state index is 0. The fourth-order valence-electron chi connectivity index (χ4n) is 1.33. The minimum absolute atomic E-state index is 0. The van der Waals surface area contributed by atoms with Crippen molar-refractivity contribution in [1.82, 2.24) is 5.32 Å². The third-order valence-electron chi connectivity index (χ3n) is 2.30. The Morgan fingerprint density at radius 2 is 1.50 bits per heavy atom. The van der Waals surface area contributed by atoms with Gasteiger partial charge in [-0.2, -0.15) is 0 Å². The second kappa shape index (κ2) is 12.0. The first-order valence-corrected chi connectivity index (χ1v) is 6.01. The molecule has 2 rings (SSSR count). The van der Waals surface area contributed by atoms with Gasteiger partial charge in [0.05, 0.1) is 5.92 Å². The summed E-state index contributed by atoms with van der Waals surface area (Å²) in [6.45, 7) is 2.88. The Labute approximate surface area is 123 Å². The molecule has 1 N–H and O–H groups in total. The second-order valence-electron chi connectivity index (χ2n) is 3.75. The van der Waals surface area contributed by atoms with E-state index in [0.29, 0.717) is 0 Å². The minimum Gasteiger partial charge on any atom is -0.356 e. The molecule has 0 aromatic rings. The van der Waals surface area contributed by atoms with Gasteiger partial charge in [-0.3, -0.25) is 4.79 Å². The van der Waals surface area contributed by atoms with E-state index in [4.69, 9.17) is 0 Å². The first kappa shape index (κ1) is 18.0. The summed E-state index contributed by atoms with van der Waals surface area (Å²) >= 11 is 0. The van der Waals surface area contributed by atoms with Gasteiger partial charge in [-0.15, -0.1) is 0 Å². The molecule has 0 spiro atoms. The molecule has 0 saturated heterocycles. The molecule has 10 radical (unpaired) electrons. The fourth-order valence-corrected chi connectivity index (χ4v) is 1.33. The van der Waals surface area contributed by atoms with E-state index in [1.54, 1.807) is 0 Å². The normalized spacial score (nSPS) is 18.7. The van der Waals surface area contributed by atoms with Crippen LogP contribution in [0.4, 0.5) is 0 Å². The number of rotatable bonds is 4. The van der Waals surface area contributed by atoms with Crippen LogP contribution in [0.2, 0.25) is 0 Å². The van der Waals surface area contributed by atoms with Crippen LogP contribution in [-0.4, -0.2) is 12.5 Å². The number of unbranched alkanes of at least 4 members (excludes halogenated alkanes) is 1. The van der Waals surface area contributed by atoms with Crippen molar-refractivity contribution in [3.05, 3.63) is 63.7 Å². The standard InChI is InChI=1S/C10H14NO.C5H5.Fe/c1-2-3-8-11-10(12)9-6-4-5-7-9;1-2-4-5-3-1;/h4-7H,2-3,8H2,1H3,(H,11,12);1-5H;/q;;+2. The number of amides is 1. The van der Waals surface area contributed by atoms with Gasteiger partial charge in [0.15, 0.2) is 0 Å². The van der Waals surface area contributed by atoms with Gasteiger partial charge >= 0.3 is 17.1 Å². The Morgan fingerprint density at radius 1 is 1.00 bits per heavy atom. The predicted octanol–water partition coefficient (Wildman–Crippen LogP) is 2.33. The summed E-state index contributed by atoms with van der Waals surface area (Å²) in [6.07, 6.45) is 19.5. The van der Waals surface area contributed by atoms with Crippen LogP contribution < -0.4 is 5.32 Å². The molecule has 0 aromatic heterocycles. The van der Waals surface area contributed by atoms with Crippen molar-refractivity contribution in [2.24, 2.45) is 0 Å². The predicted molar refractivity (Wildman–Crippen MR) is 69.9 cm³/mol. The first-order valence-electron chi connectivity index (χ1n) is 6.01. The smallest absolute Gasteiger partial charge is 0.356 e. The quantitative estimate of drug-likeness (QED) is 0.623. The first-order chi connectivity index (χ1) is 8.34. The molecule has 0 unspecified atom stereocenters. The summed E-state index contributed by atoms with van der Waals surface area (Å²) in [5.74, 6) is 0.791. The summed E-state index contributed by atoms with van der Waals surface area (Å²) in [7, 11) is 0. The average Bonchev–Trinajstić information content (AvgIpc) is 3.05. The van der Waals surface area contributed by atoms with Gasteiger partial charge in [0.25, 0.3) is 0 Å². The molecule has 0 heterocycles. The summed E-state index contributed by atoms with van der Waals surface area (Å²) in [5.41, 5.74) is 0. The van der Waals surface area contributed by atoms with E-state index in [1.807, 2.05) is 57.8 Å². The average molecular weight is 285 g/mol. The summed E-state index contributed by atoms with van der Waals surface area (Å²) in [4.78, 5) is 11.3. The summed E-state index contributed by atoms with van der Waals surface area (Å²) in [6, 6.07) is 0. The topological polar surface area (TPSA) is 29.1 Å². The van der Waals surface area contributed by atoms with E-state index in [-0.39, 0.29) is 23.0 Å². The van der Waals surface area contributed by atoms with Crippen LogP contribution in [0, 0.1) is 63.7 Å². The van der Waals surface area contributed by atoms with Gasteiger partial charge < -0.3 is 5.32 Å². The molecule has 2 nitrogen and oxygen atoms in total. The van der Waals surface area contributed by atoms with Crippen LogP contribution >= 0.6 is 0 Å². The molecule has 1 amide bonds. The molecule has 96 valence electrons. The molecular weight excluding hydrogens is 266 g/mol. The van der Waals surface area contributed by atoms with Gasteiger partial charge in [-0.05, 0) is 64.2 Å². The van der Waals surface area contributed by atoms with Gasteiger partial charge in [0, 0.05) is 6.54 Å². The zero-order chi connectivity index (χ0) is 12.3. The summed E-state index contributed by atoms with van der Waals surface area (Å²) < 4.78 is 0. The molecule has 0 atom stereocenters. The second-order valence-corrected chi connectivity index (χ2v) is 3.75. The van der Waals surface area contributed by atoms with Crippen LogP contribution in [0.3, 0.4) is 0 Å². The molecule has 3 heteroatoms. The molecule has 2 aliphatic rings. The van der Waals surface area contributed by atoms with Crippen LogP contribution in [0.1, 0.15) is 19.8 Å². The molecule has 0 bridgehead atoms. The maximum atomic E-state index is 11.3. The van der Waals surface area contributed by atoms with Gasteiger partial charge in [-0.1, -0.05) is 13.3 Å². The number of nitrogens with one attached hydrogen (secondary N) is 1. The van der Waals surface area contributed by atoms with Crippen LogP contribution in [-0.2, 0) is 21.9 Å². The Hall–Kier alpha value is -0.0105. The monoisotopic (exact) mass is 285 g/mol. The van der Waals surface area contributed by atoms with Crippen LogP contribution in [0.5, 0.6) is 0 Å². The molecule has 2 aliphatic carbocycles. The molecular formula is C15H19FeNO+2. The van der Waals surface area contributed by atoms with E-state index in [9.17, 15) is 4.79 Å².